The van der Waals surface area contributed by atoms with Crippen molar-refractivity contribution in [3.05, 3.63) is 38.9 Å². The van der Waals surface area contributed by atoms with Gasteiger partial charge in [-0.1, -0.05) is 39.8 Å². The molecular formula is C26H35NO6S. The van der Waals surface area contributed by atoms with Crippen molar-refractivity contribution in [2.45, 2.75) is 72.7 Å². The molecule has 7 atom stereocenters. The van der Waals surface area contributed by atoms with E-state index in [0.717, 1.165) is 0 Å². The first-order chi connectivity index (χ1) is 15.7. The number of ether oxygens (including phenoxy) is 1. The average molecular weight is 490 g/mol. The molecule has 1 aromatic heterocycles. The van der Waals surface area contributed by atoms with Gasteiger partial charge in [-0.3, -0.25) is 4.79 Å². The van der Waals surface area contributed by atoms with E-state index in [1.165, 1.54) is 11.3 Å². The zero-order valence-electron chi connectivity index (χ0n) is 20.9. The van der Waals surface area contributed by atoms with Gasteiger partial charge in [0.15, 0.2) is 17.5 Å². The number of thiazole rings is 1. The lowest BCUT2D eigenvalue weighted by Crippen LogP contribution is -2.65. The monoisotopic (exact) mass is 489 g/mol. The minimum Gasteiger partial charge on any atom is -0.450 e. The lowest BCUT2D eigenvalue weighted by atomic mass is 9.59. The van der Waals surface area contributed by atoms with Crippen LogP contribution in [0.1, 0.15) is 61.4 Å². The number of carbonyl (C=O) groups is 2. The van der Waals surface area contributed by atoms with Crippen molar-refractivity contribution in [2.24, 2.45) is 28.6 Å². The van der Waals surface area contributed by atoms with Crippen LogP contribution in [0.25, 0.3) is 0 Å². The van der Waals surface area contributed by atoms with Crippen LogP contribution in [0.5, 0.6) is 0 Å². The summed E-state index contributed by atoms with van der Waals surface area (Å²) in [5.41, 5.74) is -2.87. The van der Waals surface area contributed by atoms with Crippen LogP contribution in [0.3, 0.4) is 0 Å². The number of Topliss-reactive ketones (excluding diaryl/α,β-unsaturated/α-hetero) is 1. The van der Waals surface area contributed by atoms with Crippen molar-refractivity contribution in [3.8, 4) is 0 Å². The third-order valence-corrected chi connectivity index (χ3v) is 9.88. The van der Waals surface area contributed by atoms with Crippen LogP contribution < -0.4 is 0 Å². The number of carbonyl (C=O) groups excluding carboxylic acids is 2. The molecule has 186 valence electrons. The van der Waals surface area contributed by atoms with Gasteiger partial charge in [0.1, 0.15) is 11.0 Å². The summed E-state index contributed by atoms with van der Waals surface area (Å²) in [6, 6.07) is 0. The molecule has 0 saturated heterocycles. The Morgan fingerprint density at radius 1 is 1.24 bits per heavy atom. The van der Waals surface area contributed by atoms with Gasteiger partial charge in [0.25, 0.3) is 0 Å². The fraction of sp³-hybridized carbons (Fsp3) is 0.654. The highest BCUT2D eigenvalue weighted by molar-refractivity contribution is 7.13. The first-order valence-corrected chi connectivity index (χ1v) is 12.7. The third-order valence-electron chi connectivity index (χ3n) is 8.82. The number of allylic oxidation sites excluding steroid dienone is 1. The lowest BCUT2D eigenvalue weighted by molar-refractivity contribution is -0.190. The summed E-state index contributed by atoms with van der Waals surface area (Å²) in [6.45, 7) is 12.8. The molecule has 3 aliphatic rings. The highest BCUT2D eigenvalue weighted by Gasteiger charge is 2.73. The Morgan fingerprint density at radius 2 is 1.88 bits per heavy atom. The number of aliphatic hydroxyl groups is 3. The number of nitrogens with zero attached hydrogens (tertiary/aromatic N) is 1. The SMILES string of the molecule is CC1=CC23C(=O)[C@@H](C=C(CO)[C@@H](O)[C@]2(O)[C@H]1OC(=O)c1sc(C)nc1C)C(C)(C)[C@@H](C)CC3C. The predicted octanol–water partition coefficient (Wildman–Crippen LogP) is 3.14. The summed E-state index contributed by atoms with van der Waals surface area (Å²) in [6.07, 6.45) is 1.16. The second-order valence-corrected chi connectivity index (χ2v) is 12.2. The van der Waals surface area contributed by atoms with Crippen LogP contribution in [0.2, 0.25) is 0 Å². The molecule has 1 heterocycles. The topological polar surface area (TPSA) is 117 Å². The van der Waals surface area contributed by atoms with Crippen LogP contribution >= 0.6 is 11.3 Å². The van der Waals surface area contributed by atoms with Crippen molar-refractivity contribution >= 4 is 23.1 Å². The van der Waals surface area contributed by atoms with Crippen LogP contribution in [-0.2, 0) is 9.53 Å². The van der Waals surface area contributed by atoms with E-state index in [2.05, 4.69) is 11.9 Å². The van der Waals surface area contributed by atoms with Crippen molar-refractivity contribution in [2.75, 3.05) is 6.61 Å². The molecule has 4 rings (SSSR count). The molecule has 1 saturated carbocycles. The quantitative estimate of drug-likeness (QED) is 0.441. The Hall–Kier alpha value is -1.87. The van der Waals surface area contributed by atoms with E-state index in [1.54, 1.807) is 32.9 Å². The Kier molecular flexibility index (Phi) is 6.00. The van der Waals surface area contributed by atoms with Crippen LogP contribution in [-0.4, -0.2) is 56.5 Å². The molecule has 0 amide bonds. The summed E-state index contributed by atoms with van der Waals surface area (Å²) in [7, 11) is 0. The molecule has 0 aliphatic heterocycles. The zero-order chi connectivity index (χ0) is 25.4. The maximum Gasteiger partial charge on any atom is 0.350 e. The van der Waals surface area contributed by atoms with Gasteiger partial charge in [-0.05, 0) is 55.6 Å². The van der Waals surface area contributed by atoms with Gasteiger partial charge < -0.3 is 20.1 Å². The van der Waals surface area contributed by atoms with E-state index in [4.69, 9.17) is 4.74 Å². The lowest BCUT2D eigenvalue weighted by Gasteiger charge is -2.48. The van der Waals surface area contributed by atoms with Gasteiger partial charge in [0, 0.05) is 5.92 Å². The number of hydrogen-bond acceptors (Lipinski definition) is 8. The van der Waals surface area contributed by atoms with Crippen LogP contribution in [0.4, 0.5) is 0 Å². The molecule has 2 bridgehead atoms. The number of ketones is 1. The van der Waals surface area contributed by atoms with E-state index in [-0.39, 0.29) is 23.2 Å². The fourth-order valence-corrected chi connectivity index (χ4v) is 7.34. The molecule has 1 spiro atoms. The fourth-order valence-electron chi connectivity index (χ4n) is 6.54. The van der Waals surface area contributed by atoms with Gasteiger partial charge in [-0.2, -0.15) is 0 Å². The molecule has 2 unspecified atom stereocenters. The van der Waals surface area contributed by atoms with E-state index in [0.29, 0.717) is 27.6 Å². The maximum atomic E-state index is 14.3. The summed E-state index contributed by atoms with van der Waals surface area (Å²) >= 11 is 1.20. The number of aryl methyl sites for hydroxylation is 2. The Morgan fingerprint density at radius 3 is 2.44 bits per heavy atom. The summed E-state index contributed by atoms with van der Waals surface area (Å²) < 4.78 is 5.89. The normalized spacial score (nSPS) is 39.0. The number of aromatic nitrogens is 1. The molecule has 8 heteroatoms. The van der Waals surface area contributed by atoms with E-state index in [1.807, 2.05) is 20.8 Å². The molecule has 3 aliphatic carbocycles. The number of hydrogen-bond donors (Lipinski definition) is 3. The standard InChI is InChI=1S/C26H35NO6S/c1-12-10-25-14(3)8-13(2)24(6,7)18(21(25)30)9-17(11-28)20(29)26(25,32)22(12)33-23(31)19-15(4)27-16(5)34-19/h9-10,13-14,18,20,22,28-29,32H,8,11H2,1-7H3/t13-,14?,18+,20+,22-,25?,26-/m0/s1. The van der Waals surface area contributed by atoms with Crippen molar-refractivity contribution in [3.63, 3.8) is 0 Å². The van der Waals surface area contributed by atoms with Crippen LogP contribution in [0.15, 0.2) is 23.3 Å². The molecular weight excluding hydrogens is 454 g/mol. The minimum atomic E-state index is -2.15. The summed E-state index contributed by atoms with van der Waals surface area (Å²) in [5.74, 6) is -1.69. The predicted molar refractivity (Wildman–Crippen MR) is 128 cm³/mol. The van der Waals surface area contributed by atoms with Gasteiger partial charge in [-0.15, -0.1) is 11.3 Å². The van der Waals surface area contributed by atoms with Gasteiger partial charge in [-0.25, -0.2) is 9.78 Å². The Bertz CT molecular complexity index is 1100. The molecule has 1 fully saturated rings. The first-order valence-electron chi connectivity index (χ1n) is 11.8. The number of aliphatic hydroxyl groups excluding tert-OH is 2. The first kappa shape index (κ1) is 25.2. The average Bonchev–Trinajstić information content (AvgIpc) is 3.18. The molecule has 0 radical (unpaired) electrons. The highest BCUT2D eigenvalue weighted by Crippen LogP contribution is 2.62. The maximum absolute atomic E-state index is 14.3. The third kappa shape index (κ3) is 3.15. The van der Waals surface area contributed by atoms with Gasteiger partial charge in [0.05, 0.1) is 22.7 Å². The molecule has 0 aromatic carbocycles. The Balaban J connectivity index is 1.91. The van der Waals surface area contributed by atoms with Crippen LogP contribution in [0, 0.1) is 42.4 Å². The minimum absolute atomic E-state index is 0.129. The number of esters is 1. The zero-order valence-corrected chi connectivity index (χ0v) is 21.7. The smallest absolute Gasteiger partial charge is 0.350 e. The number of rotatable bonds is 3. The molecule has 3 N–H and O–H groups in total. The van der Waals surface area contributed by atoms with Gasteiger partial charge >= 0.3 is 5.97 Å². The summed E-state index contributed by atoms with van der Waals surface area (Å²) in [4.78, 5) is 32.1. The molecule has 1 aromatic rings. The van der Waals surface area contributed by atoms with Gasteiger partial charge in [0.2, 0.25) is 0 Å². The molecule has 7 nitrogen and oxygen atoms in total. The van der Waals surface area contributed by atoms with Crippen molar-refractivity contribution < 1.29 is 29.6 Å². The van der Waals surface area contributed by atoms with E-state index in [9.17, 15) is 24.9 Å². The van der Waals surface area contributed by atoms with E-state index < -0.39 is 47.1 Å². The largest absolute Gasteiger partial charge is 0.450 e. The highest BCUT2D eigenvalue weighted by atomic mass is 32.1. The number of fused-ring (bicyclic) bond motifs is 1. The molecule has 34 heavy (non-hydrogen) atoms. The summed E-state index contributed by atoms with van der Waals surface area (Å²) in [5, 5.41) is 34.9. The van der Waals surface area contributed by atoms with E-state index >= 15 is 0 Å². The second-order valence-electron chi connectivity index (χ2n) is 11.0. The second kappa shape index (κ2) is 8.08. The van der Waals surface area contributed by atoms with Crippen molar-refractivity contribution in [1.82, 2.24) is 4.98 Å². The van der Waals surface area contributed by atoms with Crippen molar-refractivity contribution in [1.29, 1.82) is 0 Å². The Labute approximate surface area is 204 Å².